The highest BCUT2D eigenvalue weighted by molar-refractivity contribution is 5.92. The first-order chi connectivity index (χ1) is 8.27. The molecule has 0 bridgehead atoms. The number of hydrogen-bond acceptors (Lipinski definition) is 3. The van der Waals surface area contributed by atoms with E-state index in [4.69, 9.17) is 10.00 Å². The van der Waals surface area contributed by atoms with E-state index in [2.05, 4.69) is 11.9 Å². The molecule has 1 N–H and O–H groups in total. The summed E-state index contributed by atoms with van der Waals surface area (Å²) in [6.45, 7) is 4.28. The number of nitrogens with one attached hydrogen (secondary N) is 1. The molecule has 4 heteroatoms. The number of nitrogens with zero attached hydrogens (tertiary/aromatic N) is 1. The van der Waals surface area contributed by atoms with E-state index >= 15 is 0 Å². The van der Waals surface area contributed by atoms with E-state index in [1.165, 1.54) is 0 Å². The van der Waals surface area contributed by atoms with Crippen molar-refractivity contribution in [1.29, 1.82) is 5.26 Å². The molecule has 88 valence electrons. The highest BCUT2D eigenvalue weighted by atomic mass is 16.5. The van der Waals surface area contributed by atoms with Crippen molar-refractivity contribution in [3.05, 3.63) is 42.5 Å². The van der Waals surface area contributed by atoms with E-state index in [0.717, 1.165) is 0 Å². The number of ether oxygens (including phenoxy) is 1. The first-order valence-electron chi connectivity index (χ1n) is 5.25. The Bertz CT molecular complexity index is 435. The minimum absolute atomic E-state index is 0.170. The molecule has 17 heavy (non-hydrogen) atoms. The molecule has 0 atom stereocenters. The maximum absolute atomic E-state index is 11.5. The Kier molecular flexibility index (Phi) is 5.49. The summed E-state index contributed by atoms with van der Waals surface area (Å²) in [5, 5.41) is 11.5. The van der Waals surface area contributed by atoms with Gasteiger partial charge in [-0.1, -0.05) is 18.2 Å². The summed E-state index contributed by atoms with van der Waals surface area (Å²) < 4.78 is 5.10. The average Bonchev–Trinajstić information content (AvgIpc) is 2.35. The van der Waals surface area contributed by atoms with Gasteiger partial charge in [-0.3, -0.25) is 4.79 Å². The molecular formula is C13H14N2O2. The van der Waals surface area contributed by atoms with Gasteiger partial charge < -0.3 is 10.1 Å². The molecule has 4 nitrogen and oxygen atoms in total. The number of carbonyl (C=O) groups excluding carboxylic acids is 1. The fraction of sp³-hybridized carbons (Fsp3) is 0.231. The Hall–Kier alpha value is -2.12. The average molecular weight is 230 g/mol. The van der Waals surface area contributed by atoms with Crippen LogP contribution < -0.4 is 5.32 Å². The smallest absolute Gasteiger partial charge is 0.226 e. The largest absolute Gasteiger partial charge is 0.377 e. The van der Waals surface area contributed by atoms with E-state index in [-0.39, 0.29) is 12.3 Å². The molecule has 0 saturated carbocycles. The number of benzene rings is 1. The molecule has 0 unspecified atom stereocenters. The molecule has 1 aromatic rings. The predicted octanol–water partition coefficient (Wildman–Crippen LogP) is 2.09. The van der Waals surface area contributed by atoms with Crippen LogP contribution in [0.4, 0.5) is 5.69 Å². The maximum atomic E-state index is 11.5. The SMILES string of the molecule is C=CCOCCC(=O)Nc1ccccc1C#N. The van der Waals surface area contributed by atoms with Crippen molar-refractivity contribution in [1.82, 2.24) is 0 Å². The van der Waals surface area contributed by atoms with Crippen LogP contribution in [-0.4, -0.2) is 19.1 Å². The van der Waals surface area contributed by atoms with Gasteiger partial charge in [0.1, 0.15) is 6.07 Å². The van der Waals surface area contributed by atoms with Gasteiger partial charge in [0.2, 0.25) is 5.91 Å². The summed E-state index contributed by atoms with van der Waals surface area (Å²) in [6.07, 6.45) is 1.89. The van der Waals surface area contributed by atoms with Crippen LogP contribution in [0, 0.1) is 11.3 Å². The first-order valence-corrected chi connectivity index (χ1v) is 5.25. The standard InChI is InChI=1S/C13H14N2O2/c1-2-8-17-9-7-13(16)15-12-6-4-3-5-11(12)10-14/h2-6H,1,7-9H2,(H,15,16). The molecule has 0 saturated heterocycles. The van der Waals surface area contributed by atoms with Gasteiger partial charge in [-0.25, -0.2) is 0 Å². The van der Waals surface area contributed by atoms with Crippen LogP contribution in [0.5, 0.6) is 0 Å². The molecule has 0 aliphatic carbocycles. The maximum Gasteiger partial charge on any atom is 0.226 e. The van der Waals surface area contributed by atoms with Gasteiger partial charge in [-0.2, -0.15) is 5.26 Å². The zero-order valence-corrected chi connectivity index (χ0v) is 9.48. The van der Waals surface area contributed by atoms with E-state index in [1.807, 2.05) is 6.07 Å². The molecule has 0 radical (unpaired) electrons. The van der Waals surface area contributed by atoms with E-state index in [1.54, 1.807) is 30.3 Å². The second-order valence-corrected chi connectivity index (χ2v) is 3.32. The molecular weight excluding hydrogens is 216 g/mol. The number of hydrogen-bond donors (Lipinski definition) is 1. The number of carbonyl (C=O) groups is 1. The van der Waals surface area contributed by atoms with Crippen LogP contribution in [0.2, 0.25) is 0 Å². The van der Waals surface area contributed by atoms with Crippen LogP contribution in [0.1, 0.15) is 12.0 Å². The molecule has 0 heterocycles. The van der Waals surface area contributed by atoms with Crippen LogP contribution in [0.15, 0.2) is 36.9 Å². The Morgan fingerprint density at radius 2 is 2.29 bits per heavy atom. The van der Waals surface area contributed by atoms with Gasteiger partial charge in [0.15, 0.2) is 0 Å². The van der Waals surface area contributed by atoms with Crippen molar-refractivity contribution in [2.24, 2.45) is 0 Å². The van der Waals surface area contributed by atoms with Crippen LogP contribution in [-0.2, 0) is 9.53 Å². The third-order valence-corrected chi connectivity index (χ3v) is 2.03. The third kappa shape index (κ3) is 4.49. The molecule has 0 aliphatic heterocycles. The van der Waals surface area contributed by atoms with Gasteiger partial charge >= 0.3 is 0 Å². The van der Waals surface area contributed by atoms with Gasteiger partial charge in [0, 0.05) is 0 Å². The summed E-state index contributed by atoms with van der Waals surface area (Å²) in [4.78, 5) is 11.5. The lowest BCUT2D eigenvalue weighted by Gasteiger charge is -2.06. The monoisotopic (exact) mass is 230 g/mol. The molecule has 1 aromatic carbocycles. The summed E-state index contributed by atoms with van der Waals surface area (Å²) >= 11 is 0. The lowest BCUT2D eigenvalue weighted by Crippen LogP contribution is -2.14. The highest BCUT2D eigenvalue weighted by Gasteiger charge is 2.05. The van der Waals surface area contributed by atoms with Gasteiger partial charge in [0.25, 0.3) is 0 Å². The minimum atomic E-state index is -0.170. The zero-order chi connectivity index (χ0) is 12.5. The number of nitriles is 1. The van der Waals surface area contributed by atoms with Crippen molar-refractivity contribution < 1.29 is 9.53 Å². The van der Waals surface area contributed by atoms with Crippen molar-refractivity contribution >= 4 is 11.6 Å². The highest BCUT2D eigenvalue weighted by Crippen LogP contribution is 2.13. The number of amides is 1. The van der Waals surface area contributed by atoms with Crippen LogP contribution >= 0.6 is 0 Å². The molecule has 0 aromatic heterocycles. The first kappa shape index (κ1) is 12.9. The molecule has 0 fully saturated rings. The molecule has 0 aliphatic rings. The molecule has 1 amide bonds. The number of rotatable bonds is 6. The minimum Gasteiger partial charge on any atom is -0.377 e. The Morgan fingerprint density at radius 1 is 1.53 bits per heavy atom. The Balaban J connectivity index is 2.45. The Labute approximate surface area is 101 Å². The third-order valence-electron chi connectivity index (χ3n) is 2.03. The van der Waals surface area contributed by atoms with Crippen molar-refractivity contribution in [2.45, 2.75) is 6.42 Å². The lowest BCUT2D eigenvalue weighted by atomic mass is 10.2. The second-order valence-electron chi connectivity index (χ2n) is 3.32. The fourth-order valence-electron chi connectivity index (χ4n) is 1.23. The van der Waals surface area contributed by atoms with Crippen molar-refractivity contribution in [3.63, 3.8) is 0 Å². The zero-order valence-electron chi connectivity index (χ0n) is 9.48. The summed E-state index contributed by atoms with van der Waals surface area (Å²) in [5.41, 5.74) is 0.983. The molecule has 0 spiro atoms. The van der Waals surface area contributed by atoms with E-state index < -0.39 is 0 Å². The topological polar surface area (TPSA) is 62.1 Å². The van der Waals surface area contributed by atoms with Gasteiger partial charge in [-0.05, 0) is 12.1 Å². The van der Waals surface area contributed by atoms with Crippen molar-refractivity contribution in [2.75, 3.05) is 18.5 Å². The second kappa shape index (κ2) is 7.20. The quantitative estimate of drug-likeness (QED) is 0.601. The summed E-state index contributed by atoms with van der Waals surface area (Å²) in [5.74, 6) is -0.170. The lowest BCUT2D eigenvalue weighted by molar-refractivity contribution is -0.117. The summed E-state index contributed by atoms with van der Waals surface area (Å²) in [6, 6.07) is 8.89. The van der Waals surface area contributed by atoms with Crippen LogP contribution in [0.25, 0.3) is 0 Å². The summed E-state index contributed by atoms with van der Waals surface area (Å²) in [7, 11) is 0. The Morgan fingerprint density at radius 3 is 3.00 bits per heavy atom. The van der Waals surface area contributed by atoms with Crippen LogP contribution in [0.3, 0.4) is 0 Å². The normalized spacial score (nSPS) is 9.35. The van der Waals surface area contributed by atoms with E-state index in [0.29, 0.717) is 24.5 Å². The molecule has 1 rings (SSSR count). The van der Waals surface area contributed by atoms with Gasteiger partial charge in [-0.15, -0.1) is 6.58 Å². The predicted molar refractivity (Wildman–Crippen MR) is 65.4 cm³/mol. The fourth-order valence-corrected chi connectivity index (χ4v) is 1.23. The number of anilines is 1. The van der Waals surface area contributed by atoms with E-state index in [9.17, 15) is 4.79 Å². The number of para-hydroxylation sites is 1. The van der Waals surface area contributed by atoms with Gasteiger partial charge in [0.05, 0.1) is 30.9 Å². The van der Waals surface area contributed by atoms with Crippen molar-refractivity contribution in [3.8, 4) is 6.07 Å².